The molecule has 0 spiro atoms. The van der Waals surface area contributed by atoms with E-state index in [1.54, 1.807) is 36.5 Å². The van der Waals surface area contributed by atoms with Gasteiger partial charge in [0.1, 0.15) is 6.54 Å². The molecule has 196 valence electrons. The third-order valence-electron chi connectivity index (χ3n) is 6.33. The number of rotatable bonds is 8. The summed E-state index contributed by atoms with van der Waals surface area (Å²) in [6.07, 6.45) is 1.59. The van der Waals surface area contributed by atoms with E-state index in [-0.39, 0.29) is 4.90 Å². The second-order valence-corrected chi connectivity index (χ2v) is 11.3. The molecule has 0 aliphatic carbocycles. The third-order valence-corrected chi connectivity index (χ3v) is 8.12. The molecule has 1 heterocycles. The van der Waals surface area contributed by atoms with Gasteiger partial charge in [-0.05, 0) is 87.7 Å². The highest BCUT2D eigenvalue weighted by Crippen LogP contribution is 2.26. The minimum Gasteiger partial charge on any atom is -0.318 e. The first kappa shape index (κ1) is 26.9. The summed E-state index contributed by atoms with van der Waals surface area (Å²) in [6.45, 7) is 9.44. The molecule has 7 nitrogen and oxygen atoms in total. The minimum absolute atomic E-state index is 0.110. The van der Waals surface area contributed by atoms with Crippen molar-refractivity contribution >= 4 is 27.8 Å². The van der Waals surface area contributed by atoms with Gasteiger partial charge in [0.2, 0.25) is 0 Å². The Hall–Kier alpha value is -4.17. The smallest absolute Gasteiger partial charge is 0.264 e. The van der Waals surface area contributed by atoms with E-state index in [9.17, 15) is 13.2 Å². The van der Waals surface area contributed by atoms with E-state index in [1.165, 1.54) is 12.1 Å². The van der Waals surface area contributed by atoms with Crippen molar-refractivity contribution in [2.75, 3.05) is 10.8 Å². The first-order chi connectivity index (χ1) is 18.1. The Morgan fingerprint density at radius 3 is 2.18 bits per heavy atom. The zero-order chi connectivity index (χ0) is 27.4. The summed E-state index contributed by atoms with van der Waals surface area (Å²) in [5.41, 5.74) is 9.84. The van der Waals surface area contributed by atoms with E-state index in [4.69, 9.17) is 0 Å². The number of carbonyl (C=O) groups is 1. The molecule has 38 heavy (non-hydrogen) atoms. The monoisotopic (exact) mass is 528 g/mol. The van der Waals surface area contributed by atoms with Crippen molar-refractivity contribution in [2.45, 2.75) is 39.5 Å². The van der Waals surface area contributed by atoms with Gasteiger partial charge < -0.3 is 4.57 Å². The second kappa shape index (κ2) is 11.1. The van der Waals surface area contributed by atoms with Gasteiger partial charge in [-0.1, -0.05) is 42.5 Å². The van der Waals surface area contributed by atoms with Crippen LogP contribution >= 0.6 is 0 Å². The molecule has 4 aromatic rings. The van der Waals surface area contributed by atoms with Crippen LogP contribution in [0.3, 0.4) is 0 Å². The van der Waals surface area contributed by atoms with Gasteiger partial charge in [-0.15, -0.1) is 0 Å². The molecule has 4 rings (SSSR count). The van der Waals surface area contributed by atoms with Gasteiger partial charge in [-0.25, -0.2) is 13.8 Å². The Balaban J connectivity index is 1.58. The number of hydrogen-bond acceptors (Lipinski definition) is 4. The lowest BCUT2D eigenvalue weighted by Crippen LogP contribution is -2.39. The first-order valence-corrected chi connectivity index (χ1v) is 13.7. The number of amides is 1. The quantitative estimate of drug-likeness (QED) is 0.247. The number of nitrogens with zero attached hydrogens (tertiary/aromatic N) is 3. The number of nitrogens with one attached hydrogen (secondary N) is 1. The first-order valence-electron chi connectivity index (χ1n) is 12.3. The molecule has 8 heteroatoms. The number of para-hydroxylation sites is 1. The number of carbonyl (C=O) groups excluding carboxylic acids is 1. The second-order valence-electron chi connectivity index (χ2n) is 9.41. The molecule has 0 unspecified atom stereocenters. The summed E-state index contributed by atoms with van der Waals surface area (Å²) in [6, 6.07) is 23.7. The number of aryl methyl sites for hydroxylation is 4. The molecule has 0 bridgehead atoms. The van der Waals surface area contributed by atoms with Crippen molar-refractivity contribution in [1.82, 2.24) is 9.99 Å². The number of hydrazone groups is 1. The van der Waals surface area contributed by atoms with Crippen molar-refractivity contribution in [2.24, 2.45) is 5.10 Å². The molecule has 0 saturated heterocycles. The van der Waals surface area contributed by atoms with Crippen molar-refractivity contribution in [3.05, 3.63) is 113 Å². The van der Waals surface area contributed by atoms with Crippen molar-refractivity contribution in [3.8, 4) is 5.69 Å². The lowest BCUT2D eigenvalue weighted by Gasteiger charge is -2.24. The highest BCUT2D eigenvalue weighted by Gasteiger charge is 2.27. The molecule has 0 aliphatic heterocycles. The van der Waals surface area contributed by atoms with Crippen LogP contribution in [0.15, 0.2) is 88.9 Å². The normalized spacial score (nSPS) is 11.6. The molecular formula is C30H32N4O3S. The van der Waals surface area contributed by atoms with Crippen LogP contribution in [0.25, 0.3) is 5.69 Å². The summed E-state index contributed by atoms with van der Waals surface area (Å²) in [4.78, 5) is 13.1. The number of sulfonamides is 1. The zero-order valence-corrected chi connectivity index (χ0v) is 23.1. The van der Waals surface area contributed by atoms with Crippen LogP contribution in [-0.4, -0.2) is 31.7 Å². The molecule has 1 amide bonds. The molecule has 0 fully saturated rings. The largest absolute Gasteiger partial charge is 0.318 e. The standard InChI is InChI=1S/C30H32N4O3S/c1-21-15-22(2)17-27(16-21)33(38(36,37)28-12-7-6-8-13-28)20-30(35)32-31-19-26-18-24(4)34(25(26)5)29-14-10-9-11-23(29)3/h6-19H,20H2,1-5H3,(H,32,35)/b31-19+. The fourth-order valence-corrected chi connectivity index (χ4v) is 6.00. The fraction of sp³-hybridized carbons (Fsp3) is 0.200. The Labute approximate surface area is 224 Å². The predicted molar refractivity (Wildman–Crippen MR) is 153 cm³/mol. The van der Waals surface area contributed by atoms with Gasteiger partial charge in [0.25, 0.3) is 15.9 Å². The van der Waals surface area contributed by atoms with Crippen LogP contribution in [0.4, 0.5) is 5.69 Å². The number of benzene rings is 3. The highest BCUT2D eigenvalue weighted by molar-refractivity contribution is 7.92. The Morgan fingerprint density at radius 2 is 1.53 bits per heavy atom. The van der Waals surface area contributed by atoms with Gasteiger partial charge in [0.15, 0.2) is 0 Å². The zero-order valence-electron chi connectivity index (χ0n) is 22.3. The maximum absolute atomic E-state index is 13.5. The van der Waals surface area contributed by atoms with Crippen molar-refractivity contribution in [3.63, 3.8) is 0 Å². The Bertz CT molecular complexity index is 1590. The Morgan fingerprint density at radius 1 is 0.895 bits per heavy atom. The lowest BCUT2D eigenvalue weighted by atomic mass is 10.1. The summed E-state index contributed by atoms with van der Waals surface area (Å²) < 4.78 is 30.3. The van der Waals surface area contributed by atoms with E-state index < -0.39 is 22.5 Å². The molecule has 0 atom stereocenters. The van der Waals surface area contributed by atoms with Crippen LogP contribution in [0.2, 0.25) is 0 Å². The summed E-state index contributed by atoms with van der Waals surface area (Å²) >= 11 is 0. The SMILES string of the molecule is Cc1cc(C)cc(N(CC(=O)N/N=C/c2cc(C)n(-c3ccccc3C)c2C)S(=O)(=O)c2ccccc2)c1. The topological polar surface area (TPSA) is 83.8 Å². The van der Waals surface area contributed by atoms with Crippen LogP contribution < -0.4 is 9.73 Å². The average Bonchev–Trinajstić information content (AvgIpc) is 3.15. The molecule has 0 radical (unpaired) electrons. The van der Waals surface area contributed by atoms with Gasteiger partial charge in [0, 0.05) is 22.6 Å². The summed E-state index contributed by atoms with van der Waals surface area (Å²) in [7, 11) is -3.99. The van der Waals surface area contributed by atoms with E-state index in [0.29, 0.717) is 5.69 Å². The van der Waals surface area contributed by atoms with Crippen molar-refractivity contribution < 1.29 is 13.2 Å². The number of hydrogen-bond donors (Lipinski definition) is 1. The van der Waals surface area contributed by atoms with Gasteiger partial charge in [0.05, 0.1) is 16.8 Å². The molecule has 0 saturated carbocycles. The lowest BCUT2D eigenvalue weighted by molar-refractivity contribution is -0.119. The number of anilines is 1. The molecule has 1 N–H and O–H groups in total. The van der Waals surface area contributed by atoms with Crippen LogP contribution in [0.1, 0.15) is 33.6 Å². The fourth-order valence-electron chi connectivity index (χ4n) is 4.57. The third kappa shape index (κ3) is 5.70. The van der Waals surface area contributed by atoms with Crippen molar-refractivity contribution in [1.29, 1.82) is 0 Å². The molecule has 3 aromatic carbocycles. The van der Waals surface area contributed by atoms with E-state index >= 15 is 0 Å². The van der Waals surface area contributed by atoms with Crippen LogP contribution in [0.5, 0.6) is 0 Å². The average molecular weight is 529 g/mol. The van der Waals surface area contributed by atoms with E-state index in [1.807, 2.05) is 52.0 Å². The van der Waals surface area contributed by atoms with Gasteiger partial charge in [-0.2, -0.15) is 5.10 Å². The van der Waals surface area contributed by atoms with E-state index in [2.05, 4.69) is 34.2 Å². The summed E-state index contributed by atoms with van der Waals surface area (Å²) in [5.74, 6) is -0.548. The maximum atomic E-state index is 13.5. The Kier molecular flexibility index (Phi) is 7.83. The molecular weight excluding hydrogens is 496 g/mol. The van der Waals surface area contributed by atoms with Crippen LogP contribution in [-0.2, 0) is 14.8 Å². The van der Waals surface area contributed by atoms with E-state index in [0.717, 1.165) is 43.6 Å². The minimum atomic E-state index is -3.99. The molecule has 0 aliphatic rings. The van der Waals surface area contributed by atoms with Gasteiger partial charge >= 0.3 is 0 Å². The maximum Gasteiger partial charge on any atom is 0.264 e. The number of aromatic nitrogens is 1. The molecule has 1 aromatic heterocycles. The van der Waals surface area contributed by atoms with Crippen LogP contribution in [0, 0.1) is 34.6 Å². The summed E-state index contributed by atoms with van der Waals surface area (Å²) in [5, 5.41) is 4.15. The highest BCUT2D eigenvalue weighted by atomic mass is 32.2. The predicted octanol–water partition coefficient (Wildman–Crippen LogP) is 5.37. The van der Waals surface area contributed by atoms with Gasteiger partial charge in [-0.3, -0.25) is 9.10 Å².